The predicted octanol–water partition coefficient (Wildman–Crippen LogP) is 2.51. The number of benzene rings is 2. The summed E-state index contributed by atoms with van der Waals surface area (Å²) in [7, 11) is 0. The zero-order valence-corrected chi connectivity index (χ0v) is 14.1. The highest BCUT2D eigenvalue weighted by Gasteiger charge is 2.40. The van der Waals surface area contributed by atoms with E-state index in [4.69, 9.17) is 5.11 Å². The molecule has 1 atom stereocenters. The van der Waals surface area contributed by atoms with Gasteiger partial charge in [-0.1, -0.05) is 18.2 Å². The van der Waals surface area contributed by atoms with E-state index in [-0.39, 0.29) is 23.2 Å². The Morgan fingerprint density at radius 2 is 1.73 bits per heavy atom. The van der Waals surface area contributed by atoms with Gasteiger partial charge in [0, 0.05) is 11.3 Å². The van der Waals surface area contributed by atoms with Gasteiger partial charge in [0.05, 0.1) is 22.1 Å². The van der Waals surface area contributed by atoms with Crippen LogP contribution in [0.3, 0.4) is 0 Å². The van der Waals surface area contributed by atoms with Gasteiger partial charge in [0.25, 0.3) is 0 Å². The molecule has 0 bridgehead atoms. The molecule has 132 valence electrons. The van der Waals surface area contributed by atoms with Gasteiger partial charge in [-0.05, 0) is 30.3 Å². The molecule has 2 amide bonds. The molecule has 1 heterocycles. The lowest BCUT2D eigenvalue weighted by molar-refractivity contribution is -0.121. The average Bonchev–Trinajstić information content (AvgIpc) is 2.89. The summed E-state index contributed by atoms with van der Waals surface area (Å²) in [6.45, 7) is 0. The molecule has 3 rings (SSSR count). The van der Waals surface area contributed by atoms with E-state index >= 15 is 0 Å². The van der Waals surface area contributed by atoms with Crippen LogP contribution in [0.15, 0.2) is 53.4 Å². The molecule has 26 heavy (non-hydrogen) atoms. The highest BCUT2D eigenvalue weighted by molar-refractivity contribution is 8.00. The number of carboxylic acids is 2. The molecule has 7 nitrogen and oxygen atoms in total. The standard InChI is InChI=1S/C18H13NO6S/c20-15-9-14(26-13-7-2-1-6-12(13)18(24)25)16(21)19(15)11-5-3-4-10(8-11)17(22)23/h1-8,14H,9H2,(H,22,23)(H,24,25)/t14-/m0/s1. The Kier molecular flexibility index (Phi) is 4.77. The molecular formula is C18H13NO6S. The first-order valence-corrected chi connectivity index (χ1v) is 8.45. The normalized spacial score (nSPS) is 16.8. The van der Waals surface area contributed by atoms with Crippen LogP contribution < -0.4 is 4.90 Å². The van der Waals surface area contributed by atoms with Crippen molar-refractivity contribution < 1.29 is 29.4 Å². The largest absolute Gasteiger partial charge is 0.478 e. The van der Waals surface area contributed by atoms with Crippen molar-refractivity contribution >= 4 is 41.2 Å². The fourth-order valence-electron chi connectivity index (χ4n) is 2.64. The van der Waals surface area contributed by atoms with Crippen molar-refractivity contribution in [2.75, 3.05) is 4.90 Å². The third-order valence-electron chi connectivity index (χ3n) is 3.84. The number of rotatable bonds is 5. The van der Waals surface area contributed by atoms with Gasteiger partial charge >= 0.3 is 11.9 Å². The number of hydrogen-bond acceptors (Lipinski definition) is 5. The first-order valence-electron chi connectivity index (χ1n) is 7.57. The van der Waals surface area contributed by atoms with Crippen LogP contribution >= 0.6 is 11.8 Å². The van der Waals surface area contributed by atoms with Crippen LogP contribution in [0.4, 0.5) is 5.69 Å². The van der Waals surface area contributed by atoms with E-state index in [0.29, 0.717) is 4.90 Å². The van der Waals surface area contributed by atoms with Gasteiger partial charge in [-0.3, -0.25) is 9.59 Å². The number of aromatic carboxylic acids is 2. The SMILES string of the molecule is O=C(O)c1cccc(N2C(=O)C[C@H](Sc3ccccc3C(=O)O)C2=O)c1. The van der Waals surface area contributed by atoms with E-state index in [1.807, 2.05) is 0 Å². The second-order valence-corrected chi connectivity index (χ2v) is 6.78. The summed E-state index contributed by atoms with van der Waals surface area (Å²) in [4.78, 5) is 48.7. The molecule has 1 aliphatic heterocycles. The Morgan fingerprint density at radius 1 is 1.00 bits per heavy atom. The van der Waals surface area contributed by atoms with Gasteiger partial charge in [0.1, 0.15) is 0 Å². The number of carbonyl (C=O) groups excluding carboxylic acids is 2. The Morgan fingerprint density at radius 3 is 2.42 bits per heavy atom. The Hall–Kier alpha value is -3.13. The number of carbonyl (C=O) groups is 4. The van der Waals surface area contributed by atoms with E-state index in [2.05, 4.69) is 0 Å². The highest BCUT2D eigenvalue weighted by atomic mass is 32.2. The Balaban J connectivity index is 1.87. The summed E-state index contributed by atoms with van der Waals surface area (Å²) >= 11 is 1.02. The fraction of sp³-hybridized carbons (Fsp3) is 0.111. The minimum absolute atomic E-state index is 0.0320. The number of amides is 2. The maximum atomic E-state index is 12.7. The lowest BCUT2D eigenvalue weighted by Gasteiger charge is -2.15. The molecule has 0 aromatic heterocycles. The van der Waals surface area contributed by atoms with Crippen molar-refractivity contribution in [3.8, 4) is 0 Å². The van der Waals surface area contributed by atoms with Crippen molar-refractivity contribution in [1.29, 1.82) is 0 Å². The first-order chi connectivity index (χ1) is 12.4. The van der Waals surface area contributed by atoms with Crippen LogP contribution in [0, 0.1) is 0 Å². The quantitative estimate of drug-likeness (QED) is 0.777. The molecule has 2 aromatic rings. The molecule has 1 saturated heterocycles. The van der Waals surface area contributed by atoms with Crippen LogP contribution in [0.2, 0.25) is 0 Å². The van der Waals surface area contributed by atoms with E-state index in [9.17, 15) is 24.3 Å². The van der Waals surface area contributed by atoms with Crippen LogP contribution in [0.1, 0.15) is 27.1 Å². The smallest absolute Gasteiger partial charge is 0.336 e. The summed E-state index contributed by atoms with van der Waals surface area (Å²) in [5.74, 6) is -3.23. The van der Waals surface area contributed by atoms with Crippen molar-refractivity contribution in [2.45, 2.75) is 16.6 Å². The molecule has 0 radical (unpaired) electrons. The van der Waals surface area contributed by atoms with Crippen molar-refractivity contribution in [1.82, 2.24) is 0 Å². The molecular weight excluding hydrogens is 358 g/mol. The molecule has 0 aliphatic carbocycles. The maximum Gasteiger partial charge on any atom is 0.336 e. The minimum Gasteiger partial charge on any atom is -0.478 e. The molecule has 1 fully saturated rings. The molecule has 2 N–H and O–H groups in total. The number of thioether (sulfide) groups is 1. The summed E-state index contributed by atoms with van der Waals surface area (Å²) in [6.07, 6.45) is -0.0885. The van der Waals surface area contributed by atoms with E-state index in [1.54, 1.807) is 18.2 Å². The van der Waals surface area contributed by atoms with Crippen molar-refractivity contribution in [2.24, 2.45) is 0 Å². The molecule has 8 heteroatoms. The Labute approximate surface area is 152 Å². The van der Waals surface area contributed by atoms with Gasteiger partial charge in [-0.25, -0.2) is 14.5 Å². The third-order valence-corrected chi connectivity index (χ3v) is 5.11. The number of nitrogens with zero attached hydrogens (tertiary/aromatic N) is 1. The van der Waals surface area contributed by atoms with Gasteiger partial charge in [0.15, 0.2) is 0 Å². The first kappa shape index (κ1) is 17.7. The number of hydrogen-bond donors (Lipinski definition) is 2. The molecule has 2 aromatic carbocycles. The summed E-state index contributed by atoms with van der Waals surface area (Å²) in [5, 5.41) is 17.5. The van der Waals surface area contributed by atoms with Crippen LogP contribution in [-0.4, -0.2) is 39.2 Å². The summed E-state index contributed by atoms with van der Waals surface area (Å²) in [6, 6.07) is 11.8. The van der Waals surface area contributed by atoms with Gasteiger partial charge in [-0.2, -0.15) is 0 Å². The highest BCUT2D eigenvalue weighted by Crippen LogP contribution is 2.35. The van der Waals surface area contributed by atoms with Crippen molar-refractivity contribution in [3.63, 3.8) is 0 Å². The zero-order valence-electron chi connectivity index (χ0n) is 13.3. The van der Waals surface area contributed by atoms with Crippen LogP contribution in [0.5, 0.6) is 0 Å². The van der Waals surface area contributed by atoms with Gasteiger partial charge in [-0.15, -0.1) is 11.8 Å². The second kappa shape index (κ2) is 7.01. The monoisotopic (exact) mass is 371 g/mol. The summed E-state index contributed by atoms with van der Waals surface area (Å²) < 4.78 is 0. The van der Waals surface area contributed by atoms with Crippen molar-refractivity contribution in [3.05, 3.63) is 59.7 Å². The Bertz CT molecular complexity index is 925. The van der Waals surface area contributed by atoms with Crippen LogP contribution in [0.25, 0.3) is 0 Å². The van der Waals surface area contributed by atoms with Crippen LogP contribution in [-0.2, 0) is 9.59 Å². The van der Waals surface area contributed by atoms with E-state index in [1.165, 1.54) is 30.3 Å². The minimum atomic E-state index is -1.16. The number of anilines is 1. The topological polar surface area (TPSA) is 112 Å². The second-order valence-electron chi connectivity index (χ2n) is 5.53. The van der Waals surface area contributed by atoms with Gasteiger partial charge < -0.3 is 10.2 Å². The number of imide groups is 1. The van der Waals surface area contributed by atoms with Gasteiger partial charge in [0.2, 0.25) is 11.8 Å². The fourth-order valence-corrected chi connectivity index (χ4v) is 3.82. The molecule has 0 unspecified atom stereocenters. The molecule has 0 spiro atoms. The zero-order chi connectivity index (χ0) is 18.8. The maximum absolute atomic E-state index is 12.7. The lowest BCUT2D eigenvalue weighted by atomic mass is 10.2. The number of carboxylic acid groups (broad SMARTS) is 2. The predicted molar refractivity (Wildman–Crippen MR) is 93.6 cm³/mol. The van der Waals surface area contributed by atoms with E-state index < -0.39 is 29.0 Å². The summed E-state index contributed by atoms with van der Waals surface area (Å²) in [5.41, 5.74) is 0.217. The lowest BCUT2D eigenvalue weighted by Crippen LogP contribution is -2.31. The molecule has 1 aliphatic rings. The third kappa shape index (κ3) is 3.31. The average molecular weight is 371 g/mol. The molecule has 0 saturated carbocycles. The van der Waals surface area contributed by atoms with E-state index in [0.717, 1.165) is 16.7 Å².